The van der Waals surface area contributed by atoms with Crippen molar-refractivity contribution in [1.29, 1.82) is 5.41 Å². The average Bonchev–Trinajstić information content (AvgIpc) is 2.31. The molecule has 0 amide bonds. The Hall–Kier alpha value is -0.650. The van der Waals surface area contributed by atoms with Gasteiger partial charge in [0.1, 0.15) is 0 Å². The summed E-state index contributed by atoms with van der Waals surface area (Å²) >= 11 is 0. The van der Waals surface area contributed by atoms with E-state index >= 15 is 0 Å². The molecule has 0 aromatic heterocycles. The zero-order valence-electron chi connectivity index (χ0n) is 12.0. The maximum atomic E-state index is 7.43. The van der Waals surface area contributed by atoms with Crippen molar-refractivity contribution in [2.45, 2.75) is 33.1 Å². The number of amidine groups is 1. The zero-order chi connectivity index (χ0) is 13.9. The normalized spacial score (nSPS) is 11.7. The van der Waals surface area contributed by atoms with E-state index in [1.807, 2.05) is 13.8 Å². The van der Waals surface area contributed by atoms with Gasteiger partial charge >= 0.3 is 0 Å². The van der Waals surface area contributed by atoms with Crippen molar-refractivity contribution >= 4 is 5.84 Å². The van der Waals surface area contributed by atoms with Crippen LogP contribution in [-0.2, 0) is 14.2 Å². The minimum absolute atomic E-state index is 0.216. The van der Waals surface area contributed by atoms with E-state index in [0.717, 1.165) is 25.9 Å². The lowest BCUT2D eigenvalue weighted by atomic mass is 9.87. The summed E-state index contributed by atoms with van der Waals surface area (Å²) in [6.45, 7) is 7.40. The third-order valence-electron chi connectivity index (χ3n) is 2.83. The van der Waals surface area contributed by atoms with Crippen molar-refractivity contribution in [3.63, 3.8) is 0 Å². The molecule has 108 valence electrons. The second-order valence-corrected chi connectivity index (χ2v) is 4.97. The number of hydrogen-bond acceptors (Lipinski definition) is 4. The summed E-state index contributed by atoms with van der Waals surface area (Å²) in [5.41, 5.74) is 5.29. The largest absolute Gasteiger partial charge is 0.387 e. The predicted molar refractivity (Wildman–Crippen MR) is 73.1 cm³/mol. The highest BCUT2D eigenvalue weighted by molar-refractivity contribution is 5.82. The summed E-state index contributed by atoms with van der Waals surface area (Å²) in [5.74, 6) is 0.244. The monoisotopic (exact) mass is 260 g/mol. The Labute approximate surface area is 110 Å². The number of ether oxygens (including phenoxy) is 3. The molecule has 0 bridgehead atoms. The summed E-state index contributed by atoms with van der Waals surface area (Å²) in [6, 6.07) is 0. The van der Waals surface area contributed by atoms with Crippen molar-refractivity contribution < 1.29 is 14.2 Å². The van der Waals surface area contributed by atoms with E-state index in [1.54, 1.807) is 7.11 Å². The number of methoxy groups -OCH3 is 1. The van der Waals surface area contributed by atoms with Gasteiger partial charge in [0.05, 0.1) is 19.0 Å². The fourth-order valence-electron chi connectivity index (χ4n) is 1.36. The molecule has 0 heterocycles. The predicted octanol–water partition coefficient (Wildman–Crippen LogP) is 1.80. The molecule has 0 aliphatic carbocycles. The average molecular weight is 260 g/mol. The SMILES string of the molecule is COCCOCCCOCCCC(C)(C)C(=N)N. The Morgan fingerprint density at radius 1 is 1.00 bits per heavy atom. The minimum Gasteiger partial charge on any atom is -0.387 e. The van der Waals surface area contributed by atoms with Crippen LogP contribution in [0.3, 0.4) is 0 Å². The summed E-state index contributed by atoms with van der Waals surface area (Å²) < 4.78 is 15.7. The van der Waals surface area contributed by atoms with Crippen LogP contribution < -0.4 is 5.73 Å². The molecule has 18 heavy (non-hydrogen) atoms. The number of nitrogens with one attached hydrogen (secondary N) is 1. The van der Waals surface area contributed by atoms with E-state index in [0.29, 0.717) is 26.4 Å². The molecule has 0 saturated heterocycles. The van der Waals surface area contributed by atoms with E-state index in [4.69, 9.17) is 25.4 Å². The van der Waals surface area contributed by atoms with Crippen molar-refractivity contribution in [1.82, 2.24) is 0 Å². The van der Waals surface area contributed by atoms with Crippen LogP contribution in [0.15, 0.2) is 0 Å². The highest BCUT2D eigenvalue weighted by atomic mass is 16.5. The smallest absolute Gasteiger partial charge is 0.0963 e. The zero-order valence-corrected chi connectivity index (χ0v) is 12.0. The molecule has 5 nitrogen and oxygen atoms in total. The topological polar surface area (TPSA) is 77.6 Å². The van der Waals surface area contributed by atoms with Gasteiger partial charge in [0.2, 0.25) is 0 Å². The fourth-order valence-corrected chi connectivity index (χ4v) is 1.36. The Kier molecular flexibility index (Phi) is 9.92. The van der Waals surface area contributed by atoms with Gasteiger partial charge < -0.3 is 19.9 Å². The molecule has 0 rings (SSSR count). The standard InChI is InChI=1S/C13H28N2O3/c1-13(2,12(14)15)6-4-7-17-8-5-9-18-11-10-16-3/h4-11H2,1-3H3,(H3,14,15). The van der Waals surface area contributed by atoms with Crippen LogP contribution in [0.4, 0.5) is 0 Å². The van der Waals surface area contributed by atoms with Crippen LogP contribution in [0.1, 0.15) is 33.1 Å². The van der Waals surface area contributed by atoms with Crippen molar-refractivity contribution in [3.8, 4) is 0 Å². The van der Waals surface area contributed by atoms with Crippen LogP contribution in [-0.4, -0.2) is 46.0 Å². The maximum Gasteiger partial charge on any atom is 0.0963 e. The van der Waals surface area contributed by atoms with Gasteiger partial charge in [-0.1, -0.05) is 13.8 Å². The number of hydrogen-bond donors (Lipinski definition) is 2. The lowest BCUT2D eigenvalue weighted by Crippen LogP contribution is -2.31. The van der Waals surface area contributed by atoms with Crippen LogP contribution in [0.5, 0.6) is 0 Å². The van der Waals surface area contributed by atoms with Crippen LogP contribution in [0, 0.1) is 10.8 Å². The first-order valence-electron chi connectivity index (χ1n) is 6.49. The van der Waals surface area contributed by atoms with Gasteiger partial charge in [-0.25, -0.2) is 0 Å². The quantitative estimate of drug-likeness (QED) is 0.319. The van der Waals surface area contributed by atoms with E-state index in [2.05, 4.69) is 0 Å². The van der Waals surface area contributed by atoms with Gasteiger partial charge in [0.25, 0.3) is 0 Å². The molecule has 0 aliphatic heterocycles. The van der Waals surface area contributed by atoms with Gasteiger partial charge in [0.15, 0.2) is 0 Å². The lowest BCUT2D eigenvalue weighted by Gasteiger charge is -2.22. The third kappa shape index (κ3) is 9.39. The first kappa shape index (κ1) is 17.4. The Morgan fingerprint density at radius 3 is 2.11 bits per heavy atom. The highest BCUT2D eigenvalue weighted by Gasteiger charge is 2.20. The number of nitrogens with two attached hydrogens (primary N) is 1. The Balaban J connectivity index is 3.24. The molecule has 0 radical (unpaired) electrons. The van der Waals surface area contributed by atoms with Crippen molar-refractivity contribution in [2.75, 3.05) is 40.1 Å². The van der Waals surface area contributed by atoms with Crippen LogP contribution in [0.2, 0.25) is 0 Å². The highest BCUT2D eigenvalue weighted by Crippen LogP contribution is 2.21. The second-order valence-electron chi connectivity index (χ2n) is 4.97. The molecule has 0 spiro atoms. The van der Waals surface area contributed by atoms with Crippen molar-refractivity contribution in [2.24, 2.45) is 11.1 Å². The molecule has 5 heteroatoms. The van der Waals surface area contributed by atoms with Crippen LogP contribution >= 0.6 is 0 Å². The van der Waals surface area contributed by atoms with Gasteiger partial charge in [-0.2, -0.15) is 0 Å². The van der Waals surface area contributed by atoms with Crippen molar-refractivity contribution in [3.05, 3.63) is 0 Å². The molecular weight excluding hydrogens is 232 g/mol. The summed E-state index contributed by atoms with van der Waals surface area (Å²) in [6.07, 6.45) is 2.71. The molecular formula is C13H28N2O3. The Morgan fingerprint density at radius 2 is 1.56 bits per heavy atom. The number of rotatable bonds is 12. The van der Waals surface area contributed by atoms with E-state index in [-0.39, 0.29) is 11.3 Å². The maximum absolute atomic E-state index is 7.43. The molecule has 0 aliphatic rings. The van der Waals surface area contributed by atoms with Crippen LogP contribution in [0.25, 0.3) is 0 Å². The Bertz CT molecular complexity index is 220. The third-order valence-corrected chi connectivity index (χ3v) is 2.83. The van der Waals surface area contributed by atoms with Gasteiger partial charge in [0, 0.05) is 32.3 Å². The fraction of sp³-hybridized carbons (Fsp3) is 0.923. The van der Waals surface area contributed by atoms with Gasteiger partial charge in [-0.05, 0) is 19.3 Å². The van der Waals surface area contributed by atoms with Gasteiger partial charge in [-0.3, -0.25) is 5.41 Å². The summed E-state index contributed by atoms with van der Waals surface area (Å²) in [7, 11) is 1.66. The molecule has 0 aromatic rings. The molecule has 0 unspecified atom stereocenters. The molecule has 0 fully saturated rings. The minimum atomic E-state index is -0.216. The van der Waals surface area contributed by atoms with E-state index in [1.165, 1.54) is 0 Å². The molecule has 0 atom stereocenters. The molecule has 3 N–H and O–H groups in total. The molecule has 0 saturated carbocycles. The van der Waals surface area contributed by atoms with E-state index in [9.17, 15) is 0 Å². The van der Waals surface area contributed by atoms with Gasteiger partial charge in [-0.15, -0.1) is 0 Å². The second kappa shape index (κ2) is 10.3. The van der Waals surface area contributed by atoms with E-state index < -0.39 is 0 Å². The summed E-state index contributed by atoms with van der Waals surface area (Å²) in [4.78, 5) is 0. The first-order chi connectivity index (χ1) is 8.50. The first-order valence-corrected chi connectivity index (χ1v) is 6.49. The lowest BCUT2D eigenvalue weighted by molar-refractivity contribution is 0.0502. The molecule has 0 aromatic carbocycles. The summed E-state index contributed by atoms with van der Waals surface area (Å²) in [5, 5.41) is 7.43.